The van der Waals surface area contributed by atoms with Gasteiger partial charge in [-0.25, -0.2) is 4.79 Å². The predicted octanol–water partition coefficient (Wildman–Crippen LogP) is 1.18. The first kappa shape index (κ1) is 13.2. The number of hydrogen-bond donors (Lipinski definition) is 3. The van der Waals surface area contributed by atoms with E-state index in [2.05, 4.69) is 0 Å². The van der Waals surface area contributed by atoms with Gasteiger partial charge >= 0.3 is 5.97 Å². The number of phenolic OH excluding ortho intramolecular Hbond substituents is 2. The van der Waals surface area contributed by atoms with Crippen molar-refractivity contribution >= 4 is 11.9 Å². The van der Waals surface area contributed by atoms with Gasteiger partial charge in [0.2, 0.25) is 0 Å². The number of rotatable bonds is 2. The summed E-state index contributed by atoms with van der Waals surface area (Å²) in [6, 6.07) is 2.79. The van der Waals surface area contributed by atoms with Crippen LogP contribution in [0.1, 0.15) is 29.6 Å². The highest BCUT2D eigenvalue weighted by atomic mass is 16.4. The van der Waals surface area contributed by atoms with Crippen LogP contribution in [0, 0.1) is 0 Å². The summed E-state index contributed by atoms with van der Waals surface area (Å²) in [6.45, 7) is 0.357. The molecule has 0 radical (unpaired) electrons. The molecule has 102 valence electrons. The number of aromatic hydroxyl groups is 2. The normalized spacial score (nSPS) is 19.2. The van der Waals surface area contributed by atoms with Gasteiger partial charge in [0.25, 0.3) is 5.91 Å². The zero-order valence-electron chi connectivity index (χ0n) is 10.2. The lowest BCUT2D eigenvalue weighted by atomic mass is 10.0. The molecule has 1 atom stereocenters. The molecule has 0 unspecified atom stereocenters. The minimum atomic E-state index is -1.04. The van der Waals surface area contributed by atoms with E-state index in [0.717, 1.165) is 18.9 Å². The highest BCUT2D eigenvalue weighted by molar-refractivity contribution is 5.99. The highest BCUT2D eigenvalue weighted by Gasteiger charge is 2.33. The van der Waals surface area contributed by atoms with Gasteiger partial charge in [-0.15, -0.1) is 0 Å². The number of amides is 1. The van der Waals surface area contributed by atoms with E-state index in [4.69, 9.17) is 5.11 Å². The Morgan fingerprint density at radius 3 is 2.58 bits per heavy atom. The molecule has 3 N–H and O–H groups in total. The second-order valence-corrected chi connectivity index (χ2v) is 4.55. The van der Waals surface area contributed by atoms with Crippen molar-refractivity contribution < 1.29 is 24.9 Å². The molecule has 1 amide bonds. The zero-order valence-corrected chi connectivity index (χ0v) is 10.2. The second kappa shape index (κ2) is 5.17. The molecule has 0 aliphatic carbocycles. The van der Waals surface area contributed by atoms with E-state index in [0.29, 0.717) is 13.0 Å². The van der Waals surface area contributed by atoms with Gasteiger partial charge in [-0.05, 0) is 31.4 Å². The maximum atomic E-state index is 12.3. The molecule has 19 heavy (non-hydrogen) atoms. The van der Waals surface area contributed by atoms with Gasteiger partial charge in [-0.2, -0.15) is 0 Å². The fourth-order valence-electron chi connectivity index (χ4n) is 2.29. The number of carboxylic acids is 1. The van der Waals surface area contributed by atoms with Gasteiger partial charge < -0.3 is 20.2 Å². The van der Waals surface area contributed by atoms with Crippen molar-refractivity contribution in [2.45, 2.75) is 25.3 Å². The number of phenols is 2. The quantitative estimate of drug-likeness (QED) is 0.745. The van der Waals surface area contributed by atoms with Crippen LogP contribution < -0.4 is 0 Å². The number of aliphatic carboxylic acids is 1. The summed E-state index contributed by atoms with van der Waals surface area (Å²) in [5.41, 5.74) is 0.00551. The first-order valence-corrected chi connectivity index (χ1v) is 6.06. The number of nitrogens with zero attached hydrogens (tertiary/aromatic N) is 1. The molecule has 6 nitrogen and oxygen atoms in total. The number of hydrogen-bond acceptors (Lipinski definition) is 4. The number of benzene rings is 1. The summed E-state index contributed by atoms with van der Waals surface area (Å²) < 4.78 is 0. The monoisotopic (exact) mass is 265 g/mol. The fourth-order valence-corrected chi connectivity index (χ4v) is 2.29. The van der Waals surface area contributed by atoms with Crippen LogP contribution in [0.3, 0.4) is 0 Å². The Kier molecular flexibility index (Phi) is 3.59. The van der Waals surface area contributed by atoms with Crippen molar-refractivity contribution in [1.82, 2.24) is 4.90 Å². The Balaban J connectivity index is 2.28. The SMILES string of the molecule is O=C(O)[C@H]1CCCCN1C(=O)c1ccc(O)cc1O. The summed E-state index contributed by atoms with van der Waals surface area (Å²) >= 11 is 0. The van der Waals surface area contributed by atoms with Crippen LogP contribution in [0.4, 0.5) is 0 Å². The molecular weight excluding hydrogens is 250 g/mol. The van der Waals surface area contributed by atoms with E-state index in [1.54, 1.807) is 0 Å². The number of carbonyl (C=O) groups is 2. The number of likely N-dealkylation sites (tertiary alicyclic amines) is 1. The summed E-state index contributed by atoms with van der Waals surface area (Å²) in [5, 5.41) is 28.0. The van der Waals surface area contributed by atoms with Gasteiger partial charge in [0.15, 0.2) is 0 Å². The summed E-state index contributed by atoms with van der Waals surface area (Å²) in [6.07, 6.45) is 1.93. The molecule has 1 heterocycles. The molecule has 0 spiro atoms. The average molecular weight is 265 g/mol. The molecule has 1 saturated heterocycles. The smallest absolute Gasteiger partial charge is 0.326 e. The van der Waals surface area contributed by atoms with Gasteiger partial charge in [-0.3, -0.25) is 4.79 Å². The van der Waals surface area contributed by atoms with E-state index in [9.17, 15) is 19.8 Å². The lowest BCUT2D eigenvalue weighted by Gasteiger charge is -2.33. The van der Waals surface area contributed by atoms with E-state index in [1.807, 2.05) is 0 Å². The molecule has 1 aliphatic heterocycles. The fraction of sp³-hybridized carbons (Fsp3) is 0.385. The van der Waals surface area contributed by atoms with Crippen molar-refractivity contribution in [3.63, 3.8) is 0 Å². The highest BCUT2D eigenvalue weighted by Crippen LogP contribution is 2.26. The first-order chi connectivity index (χ1) is 9.00. The van der Waals surface area contributed by atoms with Gasteiger partial charge in [0, 0.05) is 12.6 Å². The lowest BCUT2D eigenvalue weighted by molar-refractivity contribution is -0.143. The summed E-state index contributed by atoms with van der Waals surface area (Å²) in [4.78, 5) is 24.7. The molecule has 1 aromatic rings. The molecule has 0 saturated carbocycles. The molecule has 6 heteroatoms. The minimum Gasteiger partial charge on any atom is -0.508 e. The largest absolute Gasteiger partial charge is 0.508 e. The van der Waals surface area contributed by atoms with Crippen molar-refractivity contribution in [2.75, 3.05) is 6.54 Å². The van der Waals surface area contributed by atoms with E-state index >= 15 is 0 Å². The second-order valence-electron chi connectivity index (χ2n) is 4.55. The van der Waals surface area contributed by atoms with Crippen molar-refractivity contribution in [3.05, 3.63) is 23.8 Å². The minimum absolute atomic E-state index is 0.00551. The van der Waals surface area contributed by atoms with Crippen LogP contribution in [-0.4, -0.2) is 44.7 Å². The lowest BCUT2D eigenvalue weighted by Crippen LogP contribution is -2.47. The van der Waals surface area contributed by atoms with E-state index in [1.165, 1.54) is 17.0 Å². The standard InChI is InChI=1S/C13H15NO5/c15-8-4-5-9(11(16)7-8)12(17)14-6-2-1-3-10(14)13(18)19/h4-5,7,10,15-16H,1-3,6H2,(H,18,19)/t10-/m1/s1. The van der Waals surface area contributed by atoms with Gasteiger partial charge in [-0.1, -0.05) is 0 Å². The maximum absolute atomic E-state index is 12.3. The van der Waals surface area contributed by atoms with Crippen LogP contribution in [0.2, 0.25) is 0 Å². The summed E-state index contributed by atoms with van der Waals surface area (Å²) in [5.74, 6) is -2.06. The number of carbonyl (C=O) groups excluding carboxylic acids is 1. The third-order valence-corrected chi connectivity index (χ3v) is 3.26. The molecular formula is C13H15NO5. The van der Waals surface area contributed by atoms with Gasteiger partial charge in [0.1, 0.15) is 17.5 Å². The maximum Gasteiger partial charge on any atom is 0.326 e. The Morgan fingerprint density at radius 1 is 1.21 bits per heavy atom. The number of carboxylic acid groups (broad SMARTS) is 1. The average Bonchev–Trinajstić information content (AvgIpc) is 2.38. The van der Waals surface area contributed by atoms with Crippen molar-refractivity contribution in [3.8, 4) is 11.5 Å². The molecule has 1 fully saturated rings. The third-order valence-electron chi connectivity index (χ3n) is 3.26. The Bertz CT molecular complexity index is 514. The predicted molar refractivity (Wildman–Crippen MR) is 66.1 cm³/mol. The molecule has 1 aromatic carbocycles. The molecule has 2 rings (SSSR count). The summed E-state index contributed by atoms with van der Waals surface area (Å²) in [7, 11) is 0. The van der Waals surface area contributed by atoms with Crippen LogP contribution in [-0.2, 0) is 4.79 Å². The van der Waals surface area contributed by atoms with Gasteiger partial charge in [0.05, 0.1) is 5.56 Å². The van der Waals surface area contributed by atoms with Crippen LogP contribution in [0.25, 0.3) is 0 Å². The van der Waals surface area contributed by atoms with E-state index < -0.39 is 17.9 Å². The van der Waals surface area contributed by atoms with Crippen LogP contribution in [0.15, 0.2) is 18.2 Å². The topological polar surface area (TPSA) is 98.1 Å². The molecule has 0 aromatic heterocycles. The van der Waals surface area contributed by atoms with Crippen LogP contribution in [0.5, 0.6) is 11.5 Å². The Morgan fingerprint density at radius 2 is 1.95 bits per heavy atom. The number of piperidine rings is 1. The Hall–Kier alpha value is -2.24. The first-order valence-electron chi connectivity index (χ1n) is 6.06. The third kappa shape index (κ3) is 2.62. The Labute approximate surface area is 109 Å². The molecule has 0 bridgehead atoms. The van der Waals surface area contributed by atoms with Crippen molar-refractivity contribution in [2.24, 2.45) is 0 Å². The zero-order chi connectivity index (χ0) is 14.0. The van der Waals surface area contributed by atoms with Crippen molar-refractivity contribution in [1.29, 1.82) is 0 Å². The van der Waals surface area contributed by atoms with E-state index in [-0.39, 0.29) is 17.1 Å². The molecule has 1 aliphatic rings. The van der Waals surface area contributed by atoms with Crippen LogP contribution >= 0.6 is 0 Å².